The van der Waals surface area contributed by atoms with Crippen molar-refractivity contribution in [1.82, 2.24) is 14.8 Å². The molecule has 5 nitrogen and oxygen atoms in total. The Morgan fingerprint density at radius 2 is 2.25 bits per heavy atom. The molecule has 1 aliphatic rings. The molecule has 1 saturated carbocycles. The maximum Gasteiger partial charge on any atom is 0.191 e. The first kappa shape index (κ1) is 13.5. The molecule has 2 N–H and O–H groups in total. The lowest BCUT2D eigenvalue weighted by Crippen LogP contribution is -2.08. The van der Waals surface area contributed by atoms with Gasteiger partial charge >= 0.3 is 0 Å². The minimum absolute atomic E-state index is 0.448. The molecule has 0 amide bonds. The standard InChI is InChI=1S/C14H18N4OS/c1-19-12-4-2-3-10(7-12)9-20-14-17-16-13(8-15)18(14)11-5-6-11/h2-4,7,11H,5-6,8-9,15H2,1H3. The van der Waals surface area contributed by atoms with Crippen LogP contribution in [0.25, 0.3) is 0 Å². The van der Waals surface area contributed by atoms with Gasteiger partial charge in [-0.3, -0.25) is 0 Å². The summed E-state index contributed by atoms with van der Waals surface area (Å²) in [6.07, 6.45) is 2.41. The lowest BCUT2D eigenvalue weighted by Gasteiger charge is -2.08. The molecule has 1 heterocycles. The number of benzene rings is 1. The average Bonchev–Trinajstić information content (AvgIpc) is 3.25. The molecule has 0 atom stereocenters. The number of thioether (sulfide) groups is 1. The van der Waals surface area contributed by atoms with Gasteiger partial charge in [-0.1, -0.05) is 23.9 Å². The zero-order valence-corrected chi connectivity index (χ0v) is 12.3. The van der Waals surface area contributed by atoms with Crippen molar-refractivity contribution < 1.29 is 4.74 Å². The second kappa shape index (κ2) is 5.85. The van der Waals surface area contributed by atoms with Crippen LogP contribution < -0.4 is 10.5 Å². The number of methoxy groups -OCH3 is 1. The Labute approximate surface area is 122 Å². The number of rotatable bonds is 6. The van der Waals surface area contributed by atoms with E-state index in [0.29, 0.717) is 12.6 Å². The molecule has 0 spiro atoms. The second-order valence-corrected chi connectivity index (χ2v) is 5.79. The van der Waals surface area contributed by atoms with E-state index in [1.165, 1.54) is 18.4 Å². The minimum Gasteiger partial charge on any atom is -0.497 e. The minimum atomic E-state index is 0.448. The third-order valence-corrected chi connectivity index (χ3v) is 4.35. The molecule has 1 aromatic carbocycles. The molecule has 1 fully saturated rings. The van der Waals surface area contributed by atoms with Crippen molar-refractivity contribution >= 4 is 11.8 Å². The summed E-state index contributed by atoms with van der Waals surface area (Å²) in [5, 5.41) is 9.42. The lowest BCUT2D eigenvalue weighted by molar-refractivity contribution is 0.414. The van der Waals surface area contributed by atoms with E-state index in [0.717, 1.165) is 22.5 Å². The van der Waals surface area contributed by atoms with Crippen LogP contribution in [-0.2, 0) is 12.3 Å². The molecule has 2 aromatic rings. The third-order valence-electron chi connectivity index (χ3n) is 3.33. The fraction of sp³-hybridized carbons (Fsp3) is 0.429. The van der Waals surface area contributed by atoms with Gasteiger partial charge in [-0.2, -0.15) is 0 Å². The van der Waals surface area contributed by atoms with E-state index in [1.807, 2.05) is 12.1 Å². The number of ether oxygens (including phenoxy) is 1. The van der Waals surface area contributed by atoms with Crippen LogP contribution in [0.5, 0.6) is 5.75 Å². The van der Waals surface area contributed by atoms with Gasteiger partial charge in [0.15, 0.2) is 5.16 Å². The Hall–Kier alpha value is -1.53. The van der Waals surface area contributed by atoms with Crippen LogP contribution in [0.1, 0.15) is 30.3 Å². The maximum atomic E-state index is 5.73. The van der Waals surface area contributed by atoms with Crippen molar-refractivity contribution in [2.45, 2.75) is 36.3 Å². The molecule has 3 rings (SSSR count). The highest BCUT2D eigenvalue weighted by Gasteiger charge is 2.29. The van der Waals surface area contributed by atoms with Gasteiger partial charge < -0.3 is 15.0 Å². The number of nitrogens with zero attached hydrogens (tertiary/aromatic N) is 3. The number of hydrogen-bond acceptors (Lipinski definition) is 5. The van der Waals surface area contributed by atoms with Gasteiger partial charge in [0.1, 0.15) is 11.6 Å². The molecule has 6 heteroatoms. The average molecular weight is 290 g/mol. The van der Waals surface area contributed by atoms with Gasteiger partial charge in [0.25, 0.3) is 0 Å². The normalized spacial score (nSPS) is 14.5. The third kappa shape index (κ3) is 2.81. The van der Waals surface area contributed by atoms with Crippen LogP contribution in [0.3, 0.4) is 0 Å². The molecule has 1 aliphatic carbocycles. The van der Waals surface area contributed by atoms with Crippen LogP contribution in [0.2, 0.25) is 0 Å². The first-order chi connectivity index (χ1) is 9.81. The van der Waals surface area contributed by atoms with E-state index in [9.17, 15) is 0 Å². The summed E-state index contributed by atoms with van der Waals surface area (Å²) in [5.41, 5.74) is 6.94. The van der Waals surface area contributed by atoms with Crippen molar-refractivity contribution in [2.75, 3.05) is 7.11 Å². The van der Waals surface area contributed by atoms with Gasteiger partial charge in [-0.15, -0.1) is 10.2 Å². The Balaban J connectivity index is 1.73. The Kier molecular flexibility index (Phi) is 3.93. The molecular formula is C14H18N4OS. The first-order valence-electron chi connectivity index (χ1n) is 6.71. The summed E-state index contributed by atoms with van der Waals surface area (Å²) in [7, 11) is 1.68. The summed E-state index contributed by atoms with van der Waals surface area (Å²) in [6, 6.07) is 8.65. The van der Waals surface area contributed by atoms with E-state index in [1.54, 1.807) is 18.9 Å². The first-order valence-corrected chi connectivity index (χ1v) is 7.70. The topological polar surface area (TPSA) is 66.0 Å². The summed E-state index contributed by atoms with van der Waals surface area (Å²) >= 11 is 1.70. The Morgan fingerprint density at radius 3 is 2.95 bits per heavy atom. The lowest BCUT2D eigenvalue weighted by atomic mass is 10.2. The van der Waals surface area contributed by atoms with Crippen LogP contribution in [0.4, 0.5) is 0 Å². The Morgan fingerprint density at radius 1 is 1.40 bits per heavy atom. The van der Waals surface area contributed by atoms with Gasteiger partial charge in [-0.05, 0) is 30.5 Å². The van der Waals surface area contributed by atoms with Gasteiger partial charge in [-0.25, -0.2) is 0 Å². The monoisotopic (exact) mass is 290 g/mol. The van der Waals surface area contributed by atoms with Crippen molar-refractivity contribution in [1.29, 1.82) is 0 Å². The zero-order valence-electron chi connectivity index (χ0n) is 11.5. The molecule has 0 unspecified atom stereocenters. The largest absolute Gasteiger partial charge is 0.497 e. The van der Waals surface area contributed by atoms with Gasteiger partial charge in [0.05, 0.1) is 13.7 Å². The van der Waals surface area contributed by atoms with Crippen molar-refractivity contribution in [3.63, 3.8) is 0 Å². The molecule has 0 saturated heterocycles. The molecule has 106 valence electrons. The van der Waals surface area contributed by atoms with E-state index in [-0.39, 0.29) is 0 Å². The maximum absolute atomic E-state index is 5.73. The summed E-state index contributed by atoms with van der Waals surface area (Å²) in [6.45, 7) is 0.448. The fourth-order valence-corrected chi connectivity index (χ4v) is 3.12. The van der Waals surface area contributed by atoms with E-state index < -0.39 is 0 Å². The van der Waals surface area contributed by atoms with Crippen LogP contribution >= 0.6 is 11.8 Å². The van der Waals surface area contributed by atoms with Crippen LogP contribution in [-0.4, -0.2) is 21.9 Å². The molecule has 0 bridgehead atoms. The number of hydrogen-bond donors (Lipinski definition) is 1. The fourth-order valence-electron chi connectivity index (χ4n) is 2.15. The zero-order chi connectivity index (χ0) is 13.9. The smallest absolute Gasteiger partial charge is 0.191 e. The van der Waals surface area contributed by atoms with Crippen LogP contribution in [0, 0.1) is 0 Å². The predicted octanol–water partition coefficient (Wildman–Crippen LogP) is 2.37. The Bertz CT molecular complexity index is 595. The van der Waals surface area contributed by atoms with Gasteiger partial charge in [0, 0.05) is 11.8 Å². The second-order valence-electron chi connectivity index (χ2n) is 4.84. The highest BCUT2D eigenvalue weighted by molar-refractivity contribution is 7.98. The summed E-state index contributed by atoms with van der Waals surface area (Å²) < 4.78 is 7.44. The molecule has 1 aromatic heterocycles. The van der Waals surface area contributed by atoms with Crippen molar-refractivity contribution in [3.8, 4) is 5.75 Å². The quantitative estimate of drug-likeness (QED) is 0.827. The van der Waals surface area contributed by atoms with Gasteiger partial charge in [0.2, 0.25) is 0 Å². The van der Waals surface area contributed by atoms with E-state index in [2.05, 4.69) is 26.9 Å². The summed E-state index contributed by atoms with van der Waals surface area (Å²) in [5.74, 6) is 2.63. The highest BCUT2D eigenvalue weighted by Crippen LogP contribution is 2.39. The molecule has 0 aliphatic heterocycles. The SMILES string of the molecule is COc1cccc(CSc2nnc(CN)n2C2CC2)c1. The highest BCUT2D eigenvalue weighted by atomic mass is 32.2. The molecule has 20 heavy (non-hydrogen) atoms. The van der Waals surface area contributed by atoms with Crippen molar-refractivity contribution in [3.05, 3.63) is 35.7 Å². The van der Waals surface area contributed by atoms with E-state index >= 15 is 0 Å². The number of aromatic nitrogens is 3. The summed E-state index contributed by atoms with van der Waals surface area (Å²) in [4.78, 5) is 0. The molecule has 0 radical (unpaired) electrons. The van der Waals surface area contributed by atoms with Crippen molar-refractivity contribution in [2.24, 2.45) is 5.73 Å². The van der Waals surface area contributed by atoms with E-state index in [4.69, 9.17) is 10.5 Å². The molecular weight excluding hydrogens is 272 g/mol. The number of nitrogens with two attached hydrogens (primary N) is 1. The van der Waals surface area contributed by atoms with Crippen LogP contribution in [0.15, 0.2) is 29.4 Å². The predicted molar refractivity (Wildman–Crippen MR) is 78.7 cm³/mol.